The van der Waals surface area contributed by atoms with Crippen LogP contribution in [-0.4, -0.2) is 0 Å². The van der Waals surface area contributed by atoms with E-state index in [4.69, 9.17) is 19.5 Å². The van der Waals surface area contributed by atoms with Crippen LogP contribution < -0.4 is 0 Å². The summed E-state index contributed by atoms with van der Waals surface area (Å²) >= 11 is 0. The molecule has 1 nitrogen and oxygen atoms in total. The van der Waals surface area contributed by atoms with Gasteiger partial charge in [0.1, 0.15) is 11.2 Å². The van der Waals surface area contributed by atoms with Gasteiger partial charge in [-0.15, -0.1) is 0 Å². The number of fused-ring (bicyclic) bond motifs is 6. The Hall–Kier alpha value is -6.44. The Labute approximate surface area is 323 Å². The van der Waals surface area contributed by atoms with E-state index >= 15 is 0 Å². The van der Waals surface area contributed by atoms with Crippen molar-refractivity contribution in [1.82, 2.24) is 0 Å². The number of hydrogen-bond donors (Lipinski definition) is 0. The minimum absolute atomic E-state index is 0.0334. The van der Waals surface area contributed by atoms with E-state index in [0.717, 1.165) is 21.9 Å². The molecule has 0 aliphatic heterocycles. The van der Waals surface area contributed by atoms with Gasteiger partial charge in [-0.3, -0.25) is 0 Å². The second-order valence-corrected chi connectivity index (χ2v) is 12.1. The molecular formula is C50H34O. The minimum atomic E-state index is -0.751. The summed E-state index contributed by atoms with van der Waals surface area (Å²) in [5.41, 5.74) is 2.14. The number of hydrogen-bond acceptors (Lipinski definition) is 1. The molecule has 0 N–H and O–H groups in total. The van der Waals surface area contributed by atoms with Gasteiger partial charge in [0.25, 0.3) is 0 Å². The first-order chi connectivity index (χ1) is 33.2. The third-order valence-electron chi connectivity index (χ3n) is 9.29. The highest BCUT2D eigenvalue weighted by atomic mass is 16.3. The highest BCUT2D eigenvalue weighted by Crippen LogP contribution is 2.41. The molecule has 0 radical (unpaired) electrons. The molecule has 0 amide bonds. The molecular weight excluding hydrogens is 617 g/mol. The molecule has 9 aromatic carbocycles. The smallest absolute Gasteiger partial charge is 0.136 e. The second-order valence-electron chi connectivity index (χ2n) is 12.1. The predicted octanol–water partition coefficient (Wildman–Crippen LogP) is 13.6. The van der Waals surface area contributed by atoms with Crippen LogP contribution in [-0.2, 0) is 12.8 Å². The summed E-state index contributed by atoms with van der Waals surface area (Å²) in [6, 6.07) is 7.82. The van der Waals surface area contributed by atoms with Crippen LogP contribution in [0.1, 0.15) is 48.3 Å². The fourth-order valence-corrected chi connectivity index (χ4v) is 7.03. The fourth-order valence-electron chi connectivity index (χ4n) is 7.03. The highest BCUT2D eigenvalue weighted by molar-refractivity contribution is 6.13. The van der Waals surface area contributed by atoms with Gasteiger partial charge in [-0.2, -0.15) is 0 Å². The SMILES string of the molecule is [2H]c1c([2H])c([2H])c(Cc2c3c([2H])c([2H])c([2H])c([2H])c3c(Cc3c([2H])c([2H])c(-c4ccc5c(c4)oc4cccc(-c6ccccc6)c45)c4c([2H])c([2H])c([2H])c([2H])c34)c3c([2H])c([2H])c([2H])c([2H])c23)c([2H])c1[2H]. The molecule has 10 aromatic rings. The van der Waals surface area contributed by atoms with Gasteiger partial charge in [0.05, 0.1) is 26.0 Å². The maximum atomic E-state index is 9.68. The normalized spacial score (nSPS) is 16.9. The predicted molar refractivity (Wildman–Crippen MR) is 216 cm³/mol. The molecule has 0 aliphatic rings. The molecule has 240 valence electrons. The molecule has 0 bridgehead atoms. The lowest BCUT2D eigenvalue weighted by Gasteiger charge is -2.18. The van der Waals surface area contributed by atoms with Crippen molar-refractivity contribution in [3.8, 4) is 22.3 Å². The molecule has 0 aliphatic carbocycles. The number of rotatable bonds is 6. The third-order valence-corrected chi connectivity index (χ3v) is 9.29. The van der Waals surface area contributed by atoms with Gasteiger partial charge in [-0.1, -0.05) is 163 Å². The van der Waals surface area contributed by atoms with Crippen molar-refractivity contribution in [1.29, 1.82) is 0 Å². The molecule has 10 rings (SSSR count). The zero-order valence-electron chi connectivity index (χ0n) is 45.7. The van der Waals surface area contributed by atoms with E-state index in [1.165, 1.54) is 0 Å². The van der Waals surface area contributed by atoms with Gasteiger partial charge >= 0.3 is 0 Å². The van der Waals surface area contributed by atoms with Crippen molar-refractivity contribution in [2.45, 2.75) is 12.8 Å². The largest absolute Gasteiger partial charge is 0.456 e. The van der Waals surface area contributed by atoms with E-state index < -0.39 is 128 Å². The maximum absolute atomic E-state index is 9.68. The van der Waals surface area contributed by atoms with Crippen LogP contribution in [0.4, 0.5) is 0 Å². The molecule has 0 spiro atoms. The van der Waals surface area contributed by atoms with Gasteiger partial charge in [0.15, 0.2) is 0 Å². The Morgan fingerprint density at radius 3 is 1.75 bits per heavy atom. The van der Waals surface area contributed by atoms with E-state index in [1.54, 1.807) is 18.2 Å². The van der Waals surface area contributed by atoms with Crippen LogP contribution in [0.2, 0.25) is 0 Å². The lowest BCUT2D eigenvalue weighted by Crippen LogP contribution is -1.99. The first-order valence-electron chi connectivity index (χ1n) is 25.7. The average molecular weight is 670 g/mol. The summed E-state index contributed by atoms with van der Waals surface area (Å²) < 4.78 is 177. The number of benzene rings is 9. The van der Waals surface area contributed by atoms with Crippen molar-refractivity contribution in [2.75, 3.05) is 0 Å². The summed E-state index contributed by atoms with van der Waals surface area (Å²) in [4.78, 5) is 0. The monoisotopic (exact) mass is 669 g/mol. The standard InChI is InChI=1S/C50H34O/c1-3-14-33(15-4-1)30-46-41-20-9-11-22-43(41)47(44-23-12-10-21-42(44)46)31-35-26-28-38(40-19-8-7-18-37(35)40)36-27-29-45-49(32-36)51-48-25-13-24-39(50(45)48)34-16-5-2-6-17-34/h1-29,32H,30-31H2/i1D,3D,4D,7D,8D,9D,10D,11D,12D,14D,15D,18D,19D,20D,21D,22D,23D,26D,28D. The molecule has 1 aromatic heterocycles. The lowest BCUT2D eigenvalue weighted by atomic mass is 9.85. The summed E-state index contributed by atoms with van der Waals surface area (Å²) in [5, 5.41) is -0.0521. The van der Waals surface area contributed by atoms with Crippen molar-refractivity contribution in [3.05, 3.63) is 204 Å². The quantitative estimate of drug-likeness (QED) is 0.161. The van der Waals surface area contributed by atoms with Crippen LogP contribution in [0.3, 0.4) is 0 Å². The van der Waals surface area contributed by atoms with E-state index in [-0.39, 0.29) is 65.7 Å². The van der Waals surface area contributed by atoms with Crippen molar-refractivity contribution < 1.29 is 30.5 Å². The van der Waals surface area contributed by atoms with Crippen LogP contribution >= 0.6 is 0 Å². The Balaban J connectivity index is 1.31. The molecule has 1 heterocycles. The molecule has 0 atom stereocenters. The van der Waals surface area contributed by atoms with Gasteiger partial charge in [0.2, 0.25) is 0 Å². The van der Waals surface area contributed by atoms with Crippen molar-refractivity contribution in [3.63, 3.8) is 0 Å². The molecule has 0 saturated carbocycles. The van der Waals surface area contributed by atoms with Gasteiger partial charge < -0.3 is 4.42 Å². The van der Waals surface area contributed by atoms with E-state index in [9.17, 15) is 11.0 Å². The topological polar surface area (TPSA) is 13.1 Å². The zero-order valence-corrected chi connectivity index (χ0v) is 26.7. The summed E-state index contributed by atoms with van der Waals surface area (Å²) in [6.45, 7) is 0. The van der Waals surface area contributed by atoms with E-state index in [2.05, 4.69) is 0 Å². The molecule has 51 heavy (non-hydrogen) atoms. The molecule has 0 fully saturated rings. The Morgan fingerprint density at radius 1 is 0.412 bits per heavy atom. The molecule has 0 unspecified atom stereocenters. The Morgan fingerprint density at radius 2 is 1.04 bits per heavy atom. The van der Waals surface area contributed by atoms with Gasteiger partial charge in [0, 0.05) is 10.8 Å². The fraction of sp³-hybridized carbons (Fsp3) is 0.0400. The van der Waals surface area contributed by atoms with Crippen molar-refractivity contribution in [2.24, 2.45) is 0 Å². The average Bonchev–Trinajstić information content (AvgIpc) is 3.74. The van der Waals surface area contributed by atoms with Crippen LogP contribution in [0, 0.1) is 0 Å². The lowest BCUT2D eigenvalue weighted by molar-refractivity contribution is 0.669. The van der Waals surface area contributed by atoms with Gasteiger partial charge in [-0.25, -0.2) is 0 Å². The Kier molecular flexibility index (Phi) is 3.83. The van der Waals surface area contributed by atoms with Crippen LogP contribution in [0.15, 0.2) is 186 Å². The third kappa shape index (κ3) is 5.01. The highest BCUT2D eigenvalue weighted by Gasteiger charge is 2.18. The molecule has 0 saturated heterocycles. The van der Waals surface area contributed by atoms with Crippen LogP contribution in [0.25, 0.3) is 76.5 Å². The maximum Gasteiger partial charge on any atom is 0.136 e. The Bertz CT molecular complexity index is 3880. The second kappa shape index (κ2) is 12.2. The first kappa shape index (κ1) is 16.1. The van der Waals surface area contributed by atoms with Gasteiger partial charge in [-0.05, 0) is 108 Å². The zero-order chi connectivity index (χ0) is 50.3. The van der Waals surface area contributed by atoms with E-state index in [0.29, 0.717) is 11.2 Å². The summed E-state index contributed by atoms with van der Waals surface area (Å²) in [6.07, 6.45) is -1.32. The van der Waals surface area contributed by atoms with E-state index in [1.807, 2.05) is 48.5 Å². The number of furan rings is 1. The van der Waals surface area contributed by atoms with Crippen molar-refractivity contribution >= 4 is 54.3 Å². The molecule has 1 heteroatoms. The first-order valence-corrected chi connectivity index (χ1v) is 16.2. The summed E-state index contributed by atoms with van der Waals surface area (Å²) in [7, 11) is 0. The minimum Gasteiger partial charge on any atom is -0.456 e. The van der Waals surface area contributed by atoms with Crippen LogP contribution in [0.5, 0.6) is 0 Å². The summed E-state index contributed by atoms with van der Waals surface area (Å²) in [5.74, 6) is 0.